The summed E-state index contributed by atoms with van der Waals surface area (Å²) in [6, 6.07) is 7.35. The van der Waals surface area contributed by atoms with Crippen LogP contribution in [0.4, 0.5) is 0 Å². The molecular formula is C15H13NO2. The summed E-state index contributed by atoms with van der Waals surface area (Å²) in [5.74, 6) is 5.38. The molecule has 0 radical (unpaired) electrons. The minimum absolute atomic E-state index is 0.131. The molecule has 0 unspecified atom stereocenters. The van der Waals surface area contributed by atoms with Crippen molar-refractivity contribution in [3.8, 4) is 11.8 Å². The van der Waals surface area contributed by atoms with E-state index in [0.717, 1.165) is 11.1 Å². The van der Waals surface area contributed by atoms with Gasteiger partial charge in [0, 0.05) is 18.9 Å². The molecule has 1 amide bonds. The fraction of sp³-hybridized carbons (Fsp3) is 0.200. The number of allylic oxidation sites excluding steroid dienone is 2. The molecule has 90 valence electrons. The van der Waals surface area contributed by atoms with Crippen LogP contribution in [0.3, 0.4) is 0 Å². The van der Waals surface area contributed by atoms with Gasteiger partial charge in [0.15, 0.2) is 0 Å². The van der Waals surface area contributed by atoms with Crippen molar-refractivity contribution in [3.63, 3.8) is 0 Å². The fourth-order valence-corrected chi connectivity index (χ4v) is 2.02. The third-order valence-corrected chi connectivity index (χ3v) is 2.77. The lowest BCUT2D eigenvalue weighted by Crippen LogP contribution is -2.23. The normalized spacial score (nSPS) is 12.9. The van der Waals surface area contributed by atoms with Crippen LogP contribution >= 0.6 is 0 Å². The number of fused-ring (bicyclic) bond motifs is 1. The fourth-order valence-electron chi connectivity index (χ4n) is 2.02. The van der Waals surface area contributed by atoms with Crippen molar-refractivity contribution in [2.75, 3.05) is 0 Å². The molecule has 0 fully saturated rings. The molecule has 18 heavy (non-hydrogen) atoms. The Bertz CT molecular complexity index is 615. The second-order valence-electron chi connectivity index (χ2n) is 4.01. The average molecular weight is 239 g/mol. The van der Waals surface area contributed by atoms with Crippen LogP contribution in [0.2, 0.25) is 0 Å². The Kier molecular flexibility index (Phi) is 3.29. The molecular weight excluding hydrogens is 226 g/mol. The predicted octanol–water partition coefficient (Wildman–Crippen LogP) is 2.14. The highest BCUT2D eigenvalue weighted by Crippen LogP contribution is 2.33. The number of amides is 1. The largest absolute Gasteiger partial charge is 0.323 e. The maximum atomic E-state index is 12.2. The maximum absolute atomic E-state index is 12.2. The highest BCUT2D eigenvalue weighted by molar-refractivity contribution is 6.21. The molecule has 0 heterocycles. The SMILES string of the molecule is CC#CCC1=C(NC(C)=O)C(=O)c2ccccc21. The van der Waals surface area contributed by atoms with Gasteiger partial charge in [0.05, 0.1) is 5.70 Å². The highest BCUT2D eigenvalue weighted by atomic mass is 16.2. The molecule has 0 spiro atoms. The molecule has 1 aliphatic rings. The summed E-state index contributed by atoms with van der Waals surface area (Å²) < 4.78 is 0. The number of rotatable bonds is 2. The number of ketones is 1. The van der Waals surface area contributed by atoms with Crippen molar-refractivity contribution in [3.05, 3.63) is 41.1 Å². The zero-order valence-corrected chi connectivity index (χ0v) is 10.3. The van der Waals surface area contributed by atoms with Gasteiger partial charge in [0.25, 0.3) is 0 Å². The van der Waals surface area contributed by atoms with Crippen LogP contribution in [0.5, 0.6) is 0 Å². The number of carbonyl (C=O) groups excluding carboxylic acids is 2. The van der Waals surface area contributed by atoms with Crippen LogP contribution in [-0.4, -0.2) is 11.7 Å². The number of benzene rings is 1. The summed E-state index contributed by atoms with van der Waals surface area (Å²) in [6.07, 6.45) is 0.467. The summed E-state index contributed by atoms with van der Waals surface area (Å²) in [6.45, 7) is 3.15. The molecule has 3 heteroatoms. The topological polar surface area (TPSA) is 46.2 Å². The van der Waals surface area contributed by atoms with Gasteiger partial charge >= 0.3 is 0 Å². The van der Waals surface area contributed by atoms with E-state index in [0.29, 0.717) is 17.7 Å². The highest BCUT2D eigenvalue weighted by Gasteiger charge is 2.29. The van der Waals surface area contributed by atoms with Crippen molar-refractivity contribution < 1.29 is 9.59 Å². The van der Waals surface area contributed by atoms with Crippen molar-refractivity contribution in [2.24, 2.45) is 0 Å². The zero-order chi connectivity index (χ0) is 13.1. The molecule has 0 aliphatic heterocycles. The van der Waals surface area contributed by atoms with Gasteiger partial charge in [0.1, 0.15) is 0 Å². The lowest BCUT2D eigenvalue weighted by Gasteiger charge is -2.04. The lowest BCUT2D eigenvalue weighted by atomic mass is 10.0. The van der Waals surface area contributed by atoms with Crippen LogP contribution in [0.25, 0.3) is 5.57 Å². The van der Waals surface area contributed by atoms with E-state index in [1.807, 2.05) is 18.2 Å². The summed E-state index contributed by atoms with van der Waals surface area (Å²) in [5.41, 5.74) is 2.68. The van der Waals surface area contributed by atoms with Gasteiger partial charge in [-0.25, -0.2) is 0 Å². The third kappa shape index (κ3) is 2.05. The first-order chi connectivity index (χ1) is 8.65. The van der Waals surface area contributed by atoms with Crippen LogP contribution in [0.1, 0.15) is 36.2 Å². The Balaban J connectivity index is 2.52. The van der Waals surface area contributed by atoms with Gasteiger partial charge in [-0.15, -0.1) is 5.92 Å². The van der Waals surface area contributed by atoms with Crippen LogP contribution in [0.15, 0.2) is 30.0 Å². The van der Waals surface area contributed by atoms with Gasteiger partial charge in [-0.2, -0.15) is 0 Å². The van der Waals surface area contributed by atoms with E-state index in [-0.39, 0.29) is 11.7 Å². The molecule has 2 rings (SSSR count). The predicted molar refractivity (Wildman–Crippen MR) is 69.6 cm³/mol. The maximum Gasteiger partial charge on any atom is 0.221 e. The summed E-state index contributed by atoms with van der Waals surface area (Å²) in [7, 11) is 0. The Labute approximate surface area is 106 Å². The number of nitrogens with one attached hydrogen (secondary N) is 1. The van der Waals surface area contributed by atoms with Crippen LogP contribution in [-0.2, 0) is 4.79 Å². The Morgan fingerprint density at radius 2 is 1.94 bits per heavy atom. The molecule has 1 N–H and O–H groups in total. The molecule has 0 saturated heterocycles. The second kappa shape index (κ2) is 4.89. The van der Waals surface area contributed by atoms with Gasteiger partial charge in [0.2, 0.25) is 11.7 Å². The van der Waals surface area contributed by atoms with E-state index in [4.69, 9.17) is 0 Å². The Morgan fingerprint density at radius 1 is 1.28 bits per heavy atom. The molecule has 3 nitrogen and oxygen atoms in total. The Hall–Kier alpha value is -2.34. The van der Waals surface area contributed by atoms with Crippen molar-refractivity contribution in [1.29, 1.82) is 0 Å². The Morgan fingerprint density at radius 3 is 2.56 bits per heavy atom. The first-order valence-electron chi connectivity index (χ1n) is 5.69. The first kappa shape index (κ1) is 12.1. The summed E-state index contributed by atoms with van der Waals surface area (Å²) >= 11 is 0. The number of Topliss-reactive ketones (excluding diaryl/α,β-unsaturated/α-hetero) is 1. The minimum atomic E-state index is -0.242. The lowest BCUT2D eigenvalue weighted by molar-refractivity contribution is -0.118. The van der Waals surface area contributed by atoms with Gasteiger partial charge in [-0.1, -0.05) is 30.2 Å². The summed E-state index contributed by atoms with van der Waals surface area (Å²) in [5, 5.41) is 2.62. The van der Waals surface area contributed by atoms with E-state index >= 15 is 0 Å². The summed E-state index contributed by atoms with van der Waals surface area (Å²) in [4.78, 5) is 23.4. The first-order valence-corrected chi connectivity index (χ1v) is 5.69. The third-order valence-electron chi connectivity index (χ3n) is 2.77. The molecule has 1 aliphatic carbocycles. The van der Waals surface area contributed by atoms with Crippen molar-refractivity contribution in [2.45, 2.75) is 20.3 Å². The van der Waals surface area contributed by atoms with Crippen molar-refractivity contribution >= 4 is 17.3 Å². The molecule has 0 atom stereocenters. The van der Waals surface area contributed by atoms with E-state index in [1.165, 1.54) is 6.92 Å². The smallest absolute Gasteiger partial charge is 0.221 e. The quantitative estimate of drug-likeness (QED) is 0.804. The molecule has 1 aromatic carbocycles. The number of carbonyl (C=O) groups is 2. The molecule has 0 aromatic heterocycles. The minimum Gasteiger partial charge on any atom is -0.323 e. The van der Waals surface area contributed by atoms with Crippen LogP contribution in [0, 0.1) is 11.8 Å². The number of hydrogen-bond donors (Lipinski definition) is 1. The van der Waals surface area contributed by atoms with Gasteiger partial charge in [-0.05, 0) is 18.1 Å². The van der Waals surface area contributed by atoms with Gasteiger partial charge < -0.3 is 5.32 Å². The van der Waals surface area contributed by atoms with E-state index in [1.54, 1.807) is 13.0 Å². The molecule has 0 bridgehead atoms. The molecule has 1 aromatic rings. The standard InChI is InChI=1S/C15H13NO2/c1-3-4-7-12-11-8-5-6-9-13(11)15(18)14(12)16-10(2)17/h5-6,8-9H,7H2,1-2H3,(H,16,17,18). The monoisotopic (exact) mass is 239 g/mol. The zero-order valence-electron chi connectivity index (χ0n) is 10.3. The average Bonchev–Trinajstić information content (AvgIpc) is 2.61. The van der Waals surface area contributed by atoms with E-state index in [2.05, 4.69) is 17.2 Å². The van der Waals surface area contributed by atoms with Crippen molar-refractivity contribution in [1.82, 2.24) is 5.32 Å². The number of hydrogen-bond acceptors (Lipinski definition) is 2. The van der Waals surface area contributed by atoms with E-state index < -0.39 is 0 Å². The molecule has 0 saturated carbocycles. The second-order valence-corrected chi connectivity index (χ2v) is 4.01. The van der Waals surface area contributed by atoms with Crippen LogP contribution < -0.4 is 5.32 Å². The van der Waals surface area contributed by atoms with E-state index in [9.17, 15) is 9.59 Å². The van der Waals surface area contributed by atoms with Gasteiger partial charge in [-0.3, -0.25) is 9.59 Å².